The predicted molar refractivity (Wildman–Crippen MR) is 75.7 cm³/mol. The summed E-state index contributed by atoms with van der Waals surface area (Å²) in [5.41, 5.74) is 5.37. The lowest BCUT2D eigenvalue weighted by Crippen LogP contribution is -2.25. The third kappa shape index (κ3) is 11.1. The number of alkyl carbamates (subject to hydrolysis) is 1. The van der Waals surface area contributed by atoms with Gasteiger partial charge < -0.3 is 15.8 Å². The van der Waals surface area contributed by atoms with Gasteiger partial charge in [-0.15, -0.1) is 10.2 Å². The molecule has 106 valence electrons. The van der Waals surface area contributed by atoms with Crippen molar-refractivity contribution in [3.05, 3.63) is 5.01 Å². The minimum absolute atomic E-state index is 0.438. The highest BCUT2D eigenvalue weighted by Crippen LogP contribution is 2.10. The van der Waals surface area contributed by atoms with Crippen molar-refractivity contribution >= 4 is 22.6 Å². The maximum atomic E-state index is 10.6. The molecule has 0 aromatic carbocycles. The van der Waals surface area contributed by atoms with Crippen molar-refractivity contribution in [2.45, 2.75) is 40.5 Å². The van der Waals surface area contributed by atoms with E-state index >= 15 is 0 Å². The Morgan fingerprint density at radius 1 is 1.39 bits per heavy atom. The highest BCUT2D eigenvalue weighted by atomic mass is 32.1. The van der Waals surface area contributed by atoms with E-state index < -0.39 is 6.09 Å². The Hall–Kier alpha value is -1.37. The average molecular weight is 276 g/mol. The van der Waals surface area contributed by atoms with Crippen molar-refractivity contribution in [2.75, 3.05) is 19.4 Å². The standard InChI is InChI=1S/C6H10N4O2S.C3H8.C2H6/c1-12-6(11)8-3-2-4-9-10-5(7)13-4;1-3-2;1-2/h2-3H2,1H3,(H2,7,10)(H,8,11);3H2,1-2H3;1-2H3. The molecule has 1 heterocycles. The number of carbonyl (C=O) groups excluding carboxylic acids is 1. The number of anilines is 1. The molecule has 0 spiro atoms. The number of nitrogen functional groups attached to an aromatic ring is 1. The fourth-order valence-electron chi connectivity index (χ4n) is 0.711. The van der Waals surface area contributed by atoms with E-state index in [1.165, 1.54) is 24.9 Å². The molecule has 0 aliphatic heterocycles. The van der Waals surface area contributed by atoms with Crippen LogP contribution in [-0.4, -0.2) is 29.9 Å². The summed E-state index contributed by atoms with van der Waals surface area (Å²) in [6, 6.07) is 0. The molecule has 1 aromatic rings. The third-order valence-electron chi connectivity index (χ3n) is 1.28. The van der Waals surface area contributed by atoms with Gasteiger partial charge in [-0.05, 0) is 0 Å². The quantitative estimate of drug-likeness (QED) is 0.885. The Labute approximate surface area is 113 Å². The Bertz CT molecular complexity index is 305. The van der Waals surface area contributed by atoms with Crippen LogP contribution in [0.1, 0.15) is 39.1 Å². The van der Waals surface area contributed by atoms with E-state index in [1.807, 2.05) is 13.8 Å². The van der Waals surface area contributed by atoms with Crippen LogP contribution in [-0.2, 0) is 11.2 Å². The lowest BCUT2D eigenvalue weighted by molar-refractivity contribution is 0.171. The van der Waals surface area contributed by atoms with Crippen LogP contribution in [0.5, 0.6) is 0 Å². The van der Waals surface area contributed by atoms with E-state index in [2.05, 4.69) is 34.1 Å². The van der Waals surface area contributed by atoms with E-state index in [-0.39, 0.29) is 0 Å². The molecule has 0 radical (unpaired) electrons. The molecule has 0 fully saturated rings. The Morgan fingerprint density at radius 3 is 2.33 bits per heavy atom. The van der Waals surface area contributed by atoms with Gasteiger partial charge in [-0.1, -0.05) is 45.5 Å². The van der Waals surface area contributed by atoms with Gasteiger partial charge in [-0.25, -0.2) is 4.79 Å². The molecular weight excluding hydrogens is 252 g/mol. The van der Waals surface area contributed by atoms with E-state index in [4.69, 9.17) is 5.73 Å². The molecule has 1 aromatic heterocycles. The summed E-state index contributed by atoms with van der Waals surface area (Å²) in [6.45, 7) is 8.72. The Kier molecular flexibility index (Phi) is 14.4. The predicted octanol–water partition coefficient (Wildman–Crippen LogP) is 2.46. The molecular formula is C11H24N4O2S. The lowest BCUT2D eigenvalue weighted by Gasteiger charge is -1.99. The molecule has 3 N–H and O–H groups in total. The second-order valence-electron chi connectivity index (χ2n) is 2.91. The molecule has 0 aliphatic rings. The van der Waals surface area contributed by atoms with Crippen LogP contribution >= 0.6 is 11.3 Å². The molecule has 0 unspecified atom stereocenters. The van der Waals surface area contributed by atoms with Crippen molar-refractivity contribution in [2.24, 2.45) is 0 Å². The first kappa shape index (κ1) is 19.0. The molecule has 0 bridgehead atoms. The van der Waals surface area contributed by atoms with E-state index in [0.717, 1.165) is 5.01 Å². The summed E-state index contributed by atoms with van der Waals surface area (Å²) in [7, 11) is 1.32. The van der Waals surface area contributed by atoms with Gasteiger partial charge in [0.2, 0.25) is 5.13 Å². The zero-order chi connectivity index (χ0) is 14.4. The van der Waals surface area contributed by atoms with Gasteiger partial charge in [0.25, 0.3) is 0 Å². The molecule has 7 heteroatoms. The monoisotopic (exact) mass is 276 g/mol. The number of nitrogens with two attached hydrogens (primary N) is 1. The summed E-state index contributed by atoms with van der Waals surface area (Å²) in [5.74, 6) is 0. The van der Waals surface area contributed by atoms with Crippen LogP contribution < -0.4 is 11.1 Å². The normalized spacial score (nSPS) is 8.28. The SMILES string of the molecule is CC.CCC.COC(=O)NCCc1nnc(N)s1. The Balaban J connectivity index is 0. The fourth-order valence-corrected chi connectivity index (χ4v) is 1.32. The van der Waals surface area contributed by atoms with Crippen LogP contribution in [0.25, 0.3) is 0 Å². The number of hydrogen-bond donors (Lipinski definition) is 2. The summed E-state index contributed by atoms with van der Waals surface area (Å²) in [6.07, 6.45) is 1.42. The lowest BCUT2D eigenvalue weighted by atomic mass is 10.4. The number of aromatic nitrogens is 2. The van der Waals surface area contributed by atoms with Crippen molar-refractivity contribution < 1.29 is 9.53 Å². The topological polar surface area (TPSA) is 90.1 Å². The highest BCUT2D eigenvalue weighted by molar-refractivity contribution is 7.15. The van der Waals surface area contributed by atoms with Gasteiger partial charge in [0.1, 0.15) is 5.01 Å². The number of ether oxygens (including phenoxy) is 1. The van der Waals surface area contributed by atoms with E-state index in [0.29, 0.717) is 18.1 Å². The molecule has 1 amide bonds. The number of carbonyl (C=O) groups is 1. The van der Waals surface area contributed by atoms with Crippen molar-refractivity contribution in [3.8, 4) is 0 Å². The first-order valence-corrected chi connectivity index (χ1v) is 6.85. The van der Waals surface area contributed by atoms with Crippen LogP contribution in [0.2, 0.25) is 0 Å². The van der Waals surface area contributed by atoms with Crippen molar-refractivity contribution in [1.82, 2.24) is 15.5 Å². The first-order chi connectivity index (χ1) is 8.63. The first-order valence-electron chi connectivity index (χ1n) is 6.03. The van der Waals surface area contributed by atoms with E-state index in [1.54, 1.807) is 0 Å². The maximum absolute atomic E-state index is 10.6. The van der Waals surface area contributed by atoms with Crippen LogP contribution in [0, 0.1) is 0 Å². The van der Waals surface area contributed by atoms with Crippen molar-refractivity contribution in [1.29, 1.82) is 0 Å². The van der Waals surface area contributed by atoms with Gasteiger partial charge in [0, 0.05) is 13.0 Å². The average Bonchev–Trinajstić information content (AvgIpc) is 2.78. The third-order valence-corrected chi connectivity index (χ3v) is 2.09. The molecule has 0 atom stereocenters. The maximum Gasteiger partial charge on any atom is 0.406 e. The minimum atomic E-state index is -0.447. The second kappa shape index (κ2) is 13.7. The van der Waals surface area contributed by atoms with Crippen LogP contribution in [0.4, 0.5) is 9.93 Å². The number of amides is 1. The highest BCUT2D eigenvalue weighted by Gasteiger charge is 2.02. The smallest absolute Gasteiger partial charge is 0.406 e. The summed E-state index contributed by atoms with van der Waals surface area (Å²) < 4.78 is 4.39. The van der Waals surface area contributed by atoms with Gasteiger partial charge >= 0.3 is 6.09 Å². The van der Waals surface area contributed by atoms with E-state index in [9.17, 15) is 4.79 Å². The zero-order valence-corrected chi connectivity index (χ0v) is 12.6. The summed E-state index contributed by atoms with van der Waals surface area (Å²) in [5, 5.41) is 11.2. The number of rotatable bonds is 3. The van der Waals surface area contributed by atoms with Crippen molar-refractivity contribution in [3.63, 3.8) is 0 Å². The molecule has 0 aliphatic carbocycles. The van der Waals surface area contributed by atoms with Crippen LogP contribution in [0.15, 0.2) is 0 Å². The van der Waals surface area contributed by atoms with Gasteiger partial charge in [0.15, 0.2) is 0 Å². The number of hydrogen-bond acceptors (Lipinski definition) is 6. The number of nitrogens with one attached hydrogen (secondary N) is 1. The number of nitrogens with zero attached hydrogens (tertiary/aromatic N) is 2. The number of methoxy groups -OCH3 is 1. The summed E-state index contributed by atoms with van der Waals surface area (Å²) in [4.78, 5) is 10.6. The van der Waals surface area contributed by atoms with Gasteiger partial charge in [-0.3, -0.25) is 0 Å². The largest absolute Gasteiger partial charge is 0.453 e. The molecule has 6 nitrogen and oxygen atoms in total. The molecule has 18 heavy (non-hydrogen) atoms. The van der Waals surface area contributed by atoms with Gasteiger partial charge in [-0.2, -0.15) is 0 Å². The molecule has 0 saturated heterocycles. The minimum Gasteiger partial charge on any atom is -0.453 e. The van der Waals surface area contributed by atoms with Gasteiger partial charge in [0.05, 0.1) is 7.11 Å². The zero-order valence-electron chi connectivity index (χ0n) is 11.8. The Morgan fingerprint density at radius 2 is 1.94 bits per heavy atom. The second-order valence-corrected chi connectivity index (χ2v) is 4.00. The summed E-state index contributed by atoms with van der Waals surface area (Å²) >= 11 is 1.31. The fraction of sp³-hybridized carbons (Fsp3) is 0.727. The molecule has 1 rings (SSSR count). The van der Waals surface area contributed by atoms with Crippen LogP contribution in [0.3, 0.4) is 0 Å². The molecule has 0 saturated carbocycles.